The van der Waals surface area contributed by atoms with Crippen molar-refractivity contribution in [2.75, 3.05) is 0 Å². The molecule has 1 aromatic carbocycles. The monoisotopic (exact) mass is 386 g/mol. The summed E-state index contributed by atoms with van der Waals surface area (Å²) in [5.74, 6) is -0.908. The molecule has 2 heterocycles. The molecular formula is C18H15ClN4O4. The Morgan fingerprint density at radius 1 is 1.26 bits per heavy atom. The molecule has 2 aromatic heterocycles. The molecule has 2 N–H and O–H groups in total. The van der Waals surface area contributed by atoms with Crippen LogP contribution in [-0.2, 0) is 0 Å². The van der Waals surface area contributed by atoms with Crippen LogP contribution >= 0.6 is 11.6 Å². The van der Waals surface area contributed by atoms with Crippen molar-refractivity contribution in [3.63, 3.8) is 0 Å². The normalized spacial score (nSPS) is 11.2. The topological polar surface area (TPSA) is 114 Å². The summed E-state index contributed by atoms with van der Waals surface area (Å²) in [5, 5.41) is 21.0. The molecule has 0 saturated carbocycles. The van der Waals surface area contributed by atoms with Crippen molar-refractivity contribution < 1.29 is 10.0 Å². The molecule has 0 amide bonds. The molecule has 0 radical (unpaired) electrons. The molecule has 0 atom stereocenters. The predicted octanol–water partition coefficient (Wildman–Crippen LogP) is 3.62. The zero-order valence-corrected chi connectivity index (χ0v) is 15.2. The van der Waals surface area contributed by atoms with Crippen molar-refractivity contribution in [1.82, 2.24) is 14.5 Å². The Labute approximate surface area is 158 Å². The molecule has 0 aliphatic rings. The summed E-state index contributed by atoms with van der Waals surface area (Å²) >= 11 is 5.94. The third-order valence-electron chi connectivity index (χ3n) is 4.05. The van der Waals surface area contributed by atoms with Crippen LogP contribution in [0, 0.1) is 24.0 Å². The Bertz CT molecular complexity index is 1110. The van der Waals surface area contributed by atoms with Gasteiger partial charge in [0.2, 0.25) is 0 Å². The Balaban J connectivity index is 1.97. The van der Waals surface area contributed by atoms with Crippen LogP contribution in [0.4, 0.5) is 5.69 Å². The Hall–Kier alpha value is -3.39. The van der Waals surface area contributed by atoms with E-state index < -0.39 is 22.0 Å². The first-order chi connectivity index (χ1) is 12.8. The fraction of sp³-hybridized carbons (Fsp3) is 0.111. The summed E-state index contributed by atoms with van der Waals surface area (Å²) in [6.45, 7) is 3.89. The molecule has 0 aliphatic heterocycles. The van der Waals surface area contributed by atoms with Gasteiger partial charge in [0, 0.05) is 22.1 Å². The van der Waals surface area contributed by atoms with E-state index in [1.165, 1.54) is 6.08 Å². The standard InChI is InChI=1S/C18H15ClN4O4/c1-10-9-12(11(2)22(10)14-6-4-13(19)5-7-14)3-8-15-20-17(24)16(23(26)27)18(25)21-15/h3-9H,1-2H3,(H2,20,21,24,25)/b8-3-. The summed E-state index contributed by atoms with van der Waals surface area (Å²) < 4.78 is 2.04. The quantitative estimate of drug-likeness (QED) is 0.525. The highest BCUT2D eigenvalue weighted by Crippen LogP contribution is 2.24. The van der Waals surface area contributed by atoms with Gasteiger partial charge in [-0.15, -0.1) is 0 Å². The first-order valence-electron chi connectivity index (χ1n) is 7.88. The minimum atomic E-state index is -1.02. The lowest BCUT2D eigenvalue weighted by Crippen LogP contribution is -2.14. The zero-order chi connectivity index (χ0) is 19.7. The minimum Gasteiger partial charge on any atom is -0.488 e. The molecule has 0 unspecified atom stereocenters. The largest absolute Gasteiger partial charge is 0.488 e. The Morgan fingerprint density at radius 2 is 1.93 bits per heavy atom. The number of aromatic amines is 1. The van der Waals surface area contributed by atoms with Crippen molar-refractivity contribution in [2.24, 2.45) is 0 Å². The lowest BCUT2D eigenvalue weighted by molar-refractivity contribution is -0.387. The first kappa shape index (κ1) is 18.4. The fourth-order valence-electron chi connectivity index (χ4n) is 2.83. The Kier molecular flexibility index (Phi) is 4.83. The highest BCUT2D eigenvalue weighted by molar-refractivity contribution is 6.30. The molecule has 0 spiro atoms. The van der Waals surface area contributed by atoms with Crippen LogP contribution in [0.15, 0.2) is 35.1 Å². The van der Waals surface area contributed by atoms with Gasteiger partial charge in [-0.25, -0.2) is 0 Å². The third kappa shape index (κ3) is 3.61. The number of benzene rings is 1. The number of nitrogens with zero attached hydrogens (tertiary/aromatic N) is 3. The molecule has 0 aliphatic carbocycles. The lowest BCUT2D eigenvalue weighted by atomic mass is 10.2. The van der Waals surface area contributed by atoms with E-state index in [9.17, 15) is 20.0 Å². The average molecular weight is 387 g/mol. The summed E-state index contributed by atoms with van der Waals surface area (Å²) in [4.78, 5) is 27.4. The lowest BCUT2D eigenvalue weighted by Gasteiger charge is -2.09. The van der Waals surface area contributed by atoms with Gasteiger partial charge < -0.3 is 14.7 Å². The van der Waals surface area contributed by atoms with Crippen molar-refractivity contribution in [3.8, 4) is 11.6 Å². The van der Waals surface area contributed by atoms with Crippen LogP contribution in [0.2, 0.25) is 5.02 Å². The average Bonchev–Trinajstić information content (AvgIpc) is 2.87. The van der Waals surface area contributed by atoms with E-state index in [1.807, 2.05) is 36.6 Å². The van der Waals surface area contributed by atoms with Crippen LogP contribution in [0.25, 0.3) is 17.8 Å². The van der Waals surface area contributed by atoms with Gasteiger partial charge in [-0.05, 0) is 61.9 Å². The number of hydrogen-bond donors (Lipinski definition) is 2. The van der Waals surface area contributed by atoms with E-state index in [1.54, 1.807) is 18.2 Å². The number of rotatable bonds is 4. The van der Waals surface area contributed by atoms with E-state index in [4.69, 9.17) is 11.6 Å². The number of aromatic hydroxyl groups is 1. The smallest absolute Gasteiger partial charge is 0.395 e. The van der Waals surface area contributed by atoms with E-state index in [0.717, 1.165) is 22.6 Å². The van der Waals surface area contributed by atoms with Crippen molar-refractivity contribution in [2.45, 2.75) is 13.8 Å². The summed E-state index contributed by atoms with van der Waals surface area (Å²) in [5.41, 5.74) is 1.75. The molecule has 0 saturated heterocycles. The second-order valence-corrected chi connectivity index (χ2v) is 6.29. The van der Waals surface area contributed by atoms with Crippen LogP contribution in [0.3, 0.4) is 0 Å². The number of hydrogen-bond acceptors (Lipinski definition) is 5. The number of aryl methyl sites for hydroxylation is 1. The summed E-state index contributed by atoms with van der Waals surface area (Å²) in [7, 11) is 0. The molecule has 0 bridgehead atoms. The maximum Gasteiger partial charge on any atom is 0.395 e. The van der Waals surface area contributed by atoms with Crippen LogP contribution < -0.4 is 5.56 Å². The molecule has 0 fully saturated rings. The minimum absolute atomic E-state index is 0.0133. The molecule has 3 aromatic rings. The Morgan fingerprint density at radius 3 is 2.52 bits per heavy atom. The highest BCUT2D eigenvalue weighted by atomic mass is 35.5. The molecule has 9 heteroatoms. The van der Waals surface area contributed by atoms with E-state index in [0.29, 0.717) is 5.02 Å². The summed E-state index contributed by atoms with van der Waals surface area (Å²) in [6.07, 6.45) is 3.18. The molecule has 8 nitrogen and oxygen atoms in total. The number of aromatic nitrogens is 3. The van der Waals surface area contributed by atoms with E-state index in [2.05, 4.69) is 9.97 Å². The van der Waals surface area contributed by atoms with Crippen molar-refractivity contribution >= 4 is 29.4 Å². The van der Waals surface area contributed by atoms with Crippen molar-refractivity contribution in [1.29, 1.82) is 0 Å². The molecule has 138 valence electrons. The number of halogens is 1. The zero-order valence-electron chi connectivity index (χ0n) is 14.4. The van der Waals surface area contributed by atoms with Gasteiger partial charge in [-0.2, -0.15) is 4.98 Å². The third-order valence-corrected chi connectivity index (χ3v) is 4.31. The maximum absolute atomic E-state index is 11.7. The van der Waals surface area contributed by atoms with Gasteiger partial charge in [0.1, 0.15) is 5.82 Å². The van der Waals surface area contributed by atoms with Gasteiger partial charge in [-0.3, -0.25) is 14.9 Å². The van der Waals surface area contributed by atoms with Crippen molar-refractivity contribution in [3.05, 3.63) is 78.6 Å². The number of nitrogens with one attached hydrogen (secondary N) is 1. The van der Waals surface area contributed by atoms with Crippen LogP contribution in [-0.4, -0.2) is 24.6 Å². The van der Waals surface area contributed by atoms with Gasteiger partial charge in [0.05, 0.1) is 4.92 Å². The second-order valence-electron chi connectivity index (χ2n) is 5.85. The maximum atomic E-state index is 11.7. The van der Waals surface area contributed by atoms with Gasteiger partial charge in [0.15, 0.2) is 0 Å². The van der Waals surface area contributed by atoms with Gasteiger partial charge in [0.25, 0.3) is 5.88 Å². The molecule has 27 heavy (non-hydrogen) atoms. The van der Waals surface area contributed by atoms with E-state index >= 15 is 0 Å². The van der Waals surface area contributed by atoms with E-state index in [-0.39, 0.29) is 5.82 Å². The number of nitro groups is 1. The SMILES string of the molecule is Cc1cc(/C=C\c2nc(O)c([N+](=O)[O-])c(=O)[nH]2)c(C)n1-c1ccc(Cl)cc1. The highest BCUT2D eigenvalue weighted by Gasteiger charge is 2.21. The second kappa shape index (κ2) is 7.08. The first-order valence-corrected chi connectivity index (χ1v) is 8.26. The molecular weight excluding hydrogens is 372 g/mol. The van der Waals surface area contributed by atoms with Crippen LogP contribution in [0.1, 0.15) is 22.8 Å². The van der Waals surface area contributed by atoms with Gasteiger partial charge >= 0.3 is 11.2 Å². The fourth-order valence-corrected chi connectivity index (χ4v) is 2.95. The predicted molar refractivity (Wildman–Crippen MR) is 102 cm³/mol. The van der Waals surface area contributed by atoms with Gasteiger partial charge in [-0.1, -0.05) is 11.6 Å². The summed E-state index contributed by atoms with van der Waals surface area (Å²) in [6, 6.07) is 9.37. The van der Waals surface area contributed by atoms with Crippen LogP contribution in [0.5, 0.6) is 5.88 Å². The molecule has 3 rings (SSSR count). The number of H-pyrrole nitrogens is 1.